The van der Waals surface area contributed by atoms with Crippen LogP contribution >= 0.6 is 23.1 Å². The molecular weight excluding hydrogens is 246 g/mol. The molecule has 1 atom stereocenters. The molecule has 0 aliphatic heterocycles. The summed E-state index contributed by atoms with van der Waals surface area (Å²) in [6, 6.07) is 0. The van der Waals surface area contributed by atoms with E-state index in [4.69, 9.17) is 11.6 Å². The summed E-state index contributed by atoms with van der Waals surface area (Å²) in [4.78, 5) is 12.3. The largest absolute Gasteiger partial charge is 0.351 e. The molecule has 0 saturated heterocycles. The Morgan fingerprint density at radius 1 is 1.56 bits per heavy atom. The van der Waals surface area contributed by atoms with E-state index in [0.29, 0.717) is 11.4 Å². The van der Waals surface area contributed by atoms with Crippen molar-refractivity contribution >= 4 is 29.0 Å². The van der Waals surface area contributed by atoms with Gasteiger partial charge in [0.2, 0.25) is 0 Å². The van der Waals surface area contributed by atoms with Gasteiger partial charge in [0.25, 0.3) is 5.91 Å². The minimum absolute atomic E-state index is 0.0909. The zero-order valence-electron chi connectivity index (χ0n) is 9.49. The van der Waals surface area contributed by atoms with Crippen molar-refractivity contribution in [3.8, 4) is 0 Å². The van der Waals surface area contributed by atoms with Gasteiger partial charge in [0, 0.05) is 11.9 Å². The molecule has 0 aliphatic carbocycles. The zero-order chi connectivity index (χ0) is 12.0. The average molecular weight is 262 g/mol. The van der Waals surface area contributed by atoms with Crippen LogP contribution < -0.4 is 5.32 Å². The summed E-state index contributed by atoms with van der Waals surface area (Å²) in [7, 11) is 0. The van der Waals surface area contributed by atoms with Crippen molar-refractivity contribution in [3.63, 3.8) is 0 Å². The first-order valence-corrected chi connectivity index (χ1v) is 6.63. The number of aryl methyl sites for hydroxylation is 1. The van der Waals surface area contributed by atoms with E-state index in [1.165, 1.54) is 0 Å². The van der Waals surface area contributed by atoms with Gasteiger partial charge in [-0.1, -0.05) is 18.3 Å². The second kappa shape index (κ2) is 6.81. The number of alkyl halides is 1. The van der Waals surface area contributed by atoms with Crippen LogP contribution in [0.25, 0.3) is 0 Å². The monoisotopic (exact) mass is 261 g/mol. The molecule has 1 unspecified atom stereocenters. The van der Waals surface area contributed by atoms with Crippen LogP contribution in [0.15, 0.2) is 0 Å². The highest BCUT2D eigenvalue weighted by atomic mass is 35.5. The summed E-state index contributed by atoms with van der Waals surface area (Å²) < 4.78 is 3.78. The lowest BCUT2D eigenvalue weighted by atomic mass is 10.2. The van der Waals surface area contributed by atoms with Crippen LogP contribution in [0, 0.1) is 0 Å². The van der Waals surface area contributed by atoms with Gasteiger partial charge in [0.15, 0.2) is 0 Å². The maximum atomic E-state index is 11.7. The van der Waals surface area contributed by atoms with Crippen LogP contribution in [0.5, 0.6) is 0 Å². The fourth-order valence-corrected chi connectivity index (χ4v) is 2.01. The maximum absolute atomic E-state index is 11.7. The number of halogens is 1. The highest BCUT2D eigenvalue weighted by Crippen LogP contribution is 2.11. The normalized spacial score (nSPS) is 12.4. The predicted molar refractivity (Wildman–Crippen MR) is 66.2 cm³/mol. The molecule has 0 fully saturated rings. The molecule has 1 N–H and O–H groups in total. The second-order valence-electron chi connectivity index (χ2n) is 3.45. The summed E-state index contributed by atoms with van der Waals surface area (Å²) in [5, 5.41) is 6.86. The van der Waals surface area contributed by atoms with Gasteiger partial charge in [0.1, 0.15) is 4.88 Å². The molecule has 0 bridgehead atoms. The minimum Gasteiger partial charge on any atom is -0.351 e. The third-order valence-electron chi connectivity index (χ3n) is 2.28. The summed E-state index contributed by atoms with van der Waals surface area (Å²) in [6.07, 6.45) is 2.43. The standard InChI is InChI=1S/C10H16ClN3OS/c1-3-7(11)5-6-12-10(15)9-8(4-2)13-14-16-9/h7H,3-6H2,1-2H3,(H,12,15). The second-order valence-corrected chi connectivity index (χ2v) is 4.82. The SMILES string of the molecule is CCc1nnsc1C(=O)NCCC(Cl)CC. The van der Waals surface area contributed by atoms with E-state index in [1.807, 2.05) is 13.8 Å². The molecule has 16 heavy (non-hydrogen) atoms. The molecule has 0 saturated carbocycles. The number of rotatable bonds is 6. The van der Waals surface area contributed by atoms with Gasteiger partial charge in [-0.15, -0.1) is 16.7 Å². The Kier molecular flexibility index (Phi) is 5.69. The van der Waals surface area contributed by atoms with Crippen LogP contribution in [0.3, 0.4) is 0 Å². The fourth-order valence-electron chi connectivity index (χ4n) is 1.24. The summed E-state index contributed by atoms with van der Waals surface area (Å²) in [6.45, 7) is 4.59. The number of carbonyl (C=O) groups excluding carboxylic acids is 1. The molecule has 0 radical (unpaired) electrons. The fraction of sp³-hybridized carbons (Fsp3) is 0.700. The Morgan fingerprint density at radius 2 is 2.31 bits per heavy atom. The molecule has 90 valence electrons. The Morgan fingerprint density at radius 3 is 2.94 bits per heavy atom. The van der Waals surface area contributed by atoms with Crippen LogP contribution in [0.4, 0.5) is 0 Å². The van der Waals surface area contributed by atoms with Crippen molar-refractivity contribution < 1.29 is 4.79 Å². The predicted octanol–water partition coefficient (Wildman–Crippen LogP) is 2.24. The maximum Gasteiger partial charge on any atom is 0.264 e. The number of aromatic nitrogens is 2. The topological polar surface area (TPSA) is 54.9 Å². The van der Waals surface area contributed by atoms with Gasteiger partial charge in [-0.3, -0.25) is 4.79 Å². The molecule has 0 aliphatic rings. The number of carbonyl (C=O) groups is 1. The lowest BCUT2D eigenvalue weighted by Crippen LogP contribution is -2.26. The van der Waals surface area contributed by atoms with Crippen molar-refractivity contribution in [2.75, 3.05) is 6.54 Å². The van der Waals surface area contributed by atoms with E-state index >= 15 is 0 Å². The first kappa shape index (κ1) is 13.4. The number of amides is 1. The quantitative estimate of drug-likeness (QED) is 0.799. The van der Waals surface area contributed by atoms with E-state index in [0.717, 1.165) is 36.5 Å². The van der Waals surface area contributed by atoms with Crippen LogP contribution in [-0.2, 0) is 6.42 Å². The summed E-state index contributed by atoms with van der Waals surface area (Å²) >= 11 is 7.10. The Bertz CT molecular complexity index is 343. The van der Waals surface area contributed by atoms with Crippen molar-refractivity contribution in [2.45, 2.75) is 38.5 Å². The molecule has 0 aromatic carbocycles. The van der Waals surface area contributed by atoms with Gasteiger partial charge in [-0.2, -0.15) is 0 Å². The van der Waals surface area contributed by atoms with Crippen molar-refractivity contribution in [1.29, 1.82) is 0 Å². The van der Waals surface area contributed by atoms with Crippen LogP contribution in [0.1, 0.15) is 42.1 Å². The van der Waals surface area contributed by atoms with E-state index in [-0.39, 0.29) is 11.3 Å². The van der Waals surface area contributed by atoms with E-state index in [9.17, 15) is 4.79 Å². The Balaban J connectivity index is 2.41. The minimum atomic E-state index is -0.0909. The van der Waals surface area contributed by atoms with Gasteiger partial charge in [-0.05, 0) is 30.8 Å². The average Bonchev–Trinajstić information content (AvgIpc) is 2.76. The lowest BCUT2D eigenvalue weighted by molar-refractivity contribution is 0.0956. The van der Waals surface area contributed by atoms with E-state index in [1.54, 1.807) is 0 Å². The summed E-state index contributed by atoms with van der Waals surface area (Å²) in [5.41, 5.74) is 0.764. The van der Waals surface area contributed by atoms with Crippen molar-refractivity contribution in [3.05, 3.63) is 10.6 Å². The Hall–Kier alpha value is -0.680. The van der Waals surface area contributed by atoms with Gasteiger partial charge < -0.3 is 5.32 Å². The van der Waals surface area contributed by atoms with Crippen molar-refractivity contribution in [1.82, 2.24) is 14.9 Å². The first-order valence-electron chi connectivity index (χ1n) is 5.42. The van der Waals surface area contributed by atoms with E-state index < -0.39 is 0 Å². The number of nitrogens with one attached hydrogen (secondary N) is 1. The van der Waals surface area contributed by atoms with Gasteiger partial charge in [-0.25, -0.2) is 0 Å². The van der Waals surface area contributed by atoms with Crippen molar-refractivity contribution in [2.24, 2.45) is 0 Å². The number of hydrogen-bond acceptors (Lipinski definition) is 4. The highest BCUT2D eigenvalue weighted by Gasteiger charge is 2.14. The van der Waals surface area contributed by atoms with Crippen LogP contribution in [-0.4, -0.2) is 27.4 Å². The molecule has 4 nitrogen and oxygen atoms in total. The number of hydrogen-bond donors (Lipinski definition) is 1. The number of nitrogens with zero attached hydrogens (tertiary/aromatic N) is 2. The highest BCUT2D eigenvalue weighted by molar-refractivity contribution is 7.08. The Labute approximate surface area is 105 Å². The molecular formula is C10H16ClN3OS. The molecule has 1 amide bonds. The first-order chi connectivity index (χ1) is 7.69. The molecule has 1 rings (SSSR count). The molecule has 6 heteroatoms. The molecule has 1 heterocycles. The van der Waals surface area contributed by atoms with E-state index in [2.05, 4.69) is 14.9 Å². The summed E-state index contributed by atoms with van der Waals surface area (Å²) in [5.74, 6) is -0.0909. The molecule has 1 aromatic rings. The van der Waals surface area contributed by atoms with Crippen LogP contribution in [0.2, 0.25) is 0 Å². The smallest absolute Gasteiger partial charge is 0.264 e. The van der Waals surface area contributed by atoms with Gasteiger partial charge >= 0.3 is 0 Å². The molecule has 0 spiro atoms. The van der Waals surface area contributed by atoms with Gasteiger partial charge in [0.05, 0.1) is 5.69 Å². The zero-order valence-corrected chi connectivity index (χ0v) is 11.1. The third-order valence-corrected chi connectivity index (χ3v) is 3.58. The third kappa shape index (κ3) is 3.72. The lowest BCUT2D eigenvalue weighted by Gasteiger charge is -2.07. The molecule has 1 aromatic heterocycles.